The number of nitrogens with one attached hydrogen (secondary N) is 2. The predicted molar refractivity (Wildman–Crippen MR) is 104 cm³/mol. The van der Waals surface area contributed by atoms with Crippen LogP contribution in [0.4, 0.5) is 10.5 Å². The monoisotopic (exact) mass is 365 g/mol. The number of hydrazone groups is 1. The quantitative estimate of drug-likeness (QED) is 0.476. The number of halogens is 1. The molecule has 3 aromatic rings. The number of anilines is 1. The number of hydrogen-bond acceptors (Lipinski definition) is 3. The summed E-state index contributed by atoms with van der Waals surface area (Å²) >= 11 is 6.03. The third kappa shape index (κ3) is 4.84. The average Bonchev–Trinajstić information content (AvgIpc) is 2.66. The fourth-order valence-electron chi connectivity index (χ4n) is 2.16. The van der Waals surface area contributed by atoms with Gasteiger partial charge in [-0.2, -0.15) is 5.10 Å². The molecular formula is C20H16ClN3O2. The Kier molecular flexibility index (Phi) is 5.85. The molecule has 0 heterocycles. The van der Waals surface area contributed by atoms with Gasteiger partial charge in [-0.25, -0.2) is 10.2 Å². The highest BCUT2D eigenvalue weighted by molar-refractivity contribution is 6.33. The summed E-state index contributed by atoms with van der Waals surface area (Å²) < 4.78 is 5.80. The molecule has 0 unspecified atom stereocenters. The van der Waals surface area contributed by atoms with Crippen LogP contribution in [0.3, 0.4) is 0 Å². The Morgan fingerprint density at radius 2 is 1.62 bits per heavy atom. The number of nitrogens with zero attached hydrogens (tertiary/aromatic N) is 1. The number of benzene rings is 3. The first kappa shape index (κ1) is 17.5. The molecule has 0 bridgehead atoms. The lowest BCUT2D eigenvalue weighted by molar-refractivity contribution is 0.252. The first-order valence-corrected chi connectivity index (χ1v) is 8.27. The molecule has 0 radical (unpaired) electrons. The molecule has 0 fully saturated rings. The summed E-state index contributed by atoms with van der Waals surface area (Å²) in [5.41, 5.74) is 3.64. The van der Waals surface area contributed by atoms with Crippen molar-refractivity contribution in [2.75, 3.05) is 5.32 Å². The van der Waals surface area contributed by atoms with E-state index in [1.165, 1.54) is 6.21 Å². The van der Waals surface area contributed by atoms with Crippen molar-refractivity contribution in [1.82, 2.24) is 5.43 Å². The van der Waals surface area contributed by atoms with Crippen LogP contribution in [0, 0.1) is 0 Å². The summed E-state index contributed by atoms with van der Waals surface area (Å²) in [6.45, 7) is 0. The second kappa shape index (κ2) is 8.69. The van der Waals surface area contributed by atoms with Crippen LogP contribution in [0.25, 0.3) is 0 Å². The third-order valence-corrected chi connectivity index (χ3v) is 3.73. The molecule has 6 heteroatoms. The van der Waals surface area contributed by atoms with Crippen molar-refractivity contribution < 1.29 is 9.53 Å². The van der Waals surface area contributed by atoms with Crippen LogP contribution in [0.1, 0.15) is 5.56 Å². The molecule has 0 atom stereocenters. The number of carbonyl (C=O) groups is 1. The Balaban J connectivity index is 1.63. The average molecular weight is 366 g/mol. The van der Waals surface area contributed by atoms with Gasteiger partial charge in [0.25, 0.3) is 0 Å². The van der Waals surface area contributed by atoms with E-state index >= 15 is 0 Å². The van der Waals surface area contributed by atoms with E-state index in [4.69, 9.17) is 16.3 Å². The second-order valence-electron chi connectivity index (χ2n) is 5.26. The van der Waals surface area contributed by atoms with Crippen molar-refractivity contribution in [2.24, 2.45) is 5.10 Å². The summed E-state index contributed by atoms with van der Waals surface area (Å²) in [4.78, 5) is 12.1. The zero-order valence-electron chi connectivity index (χ0n) is 13.7. The second-order valence-corrected chi connectivity index (χ2v) is 5.66. The van der Waals surface area contributed by atoms with Crippen LogP contribution in [0.5, 0.6) is 11.5 Å². The van der Waals surface area contributed by atoms with E-state index in [0.29, 0.717) is 27.8 Å². The van der Waals surface area contributed by atoms with Crippen LogP contribution in [-0.4, -0.2) is 12.2 Å². The number of rotatable bonds is 5. The molecule has 0 aliphatic rings. The molecule has 3 rings (SSSR count). The lowest BCUT2D eigenvalue weighted by Crippen LogP contribution is -2.24. The van der Waals surface area contributed by atoms with Gasteiger partial charge in [0.2, 0.25) is 0 Å². The van der Waals surface area contributed by atoms with Crippen molar-refractivity contribution in [2.45, 2.75) is 0 Å². The van der Waals surface area contributed by atoms with E-state index in [-0.39, 0.29) is 0 Å². The van der Waals surface area contributed by atoms with Gasteiger partial charge in [-0.1, -0.05) is 60.1 Å². The van der Waals surface area contributed by atoms with Crippen LogP contribution in [-0.2, 0) is 0 Å². The molecule has 130 valence electrons. The van der Waals surface area contributed by atoms with Crippen molar-refractivity contribution in [3.05, 3.63) is 89.4 Å². The Labute approximate surface area is 156 Å². The topological polar surface area (TPSA) is 62.7 Å². The molecule has 0 saturated carbocycles. The molecule has 3 aromatic carbocycles. The zero-order valence-corrected chi connectivity index (χ0v) is 14.5. The maximum absolute atomic E-state index is 12.1. The zero-order chi connectivity index (χ0) is 18.2. The van der Waals surface area contributed by atoms with E-state index < -0.39 is 6.03 Å². The fraction of sp³-hybridized carbons (Fsp3) is 0. The maximum atomic E-state index is 12.1. The maximum Gasteiger partial charge on any atom is 0.339 e. The molecule has 26 heavy (non-hydrogen) atoms. The Bertz CT molecular complexity index is 914. The number of urea groups is 1. The van der Waals surface area contributed by atoms with Crippen molar-refractivity contribution >= 4 is 29.5 Å². The highest BCUT2D eigenvalue weighted by Gasteiger charge is 2.07. The molecule has 5 nitrogen and oxygen atoms in total. The molecule has 2 amide bonds. The number of amides is 2. The summed E-state index contributed by atoms with van der Waals surface area (Å²) in [5.74, 6) is 1.21. The molecule has 0 aromatic heterocycles. The van der Waals surface area contributed by atoms with Gasteiger partial charge in [0.1, 0.15) is 5.75 Å². The van der Waals surface area contributed by atoms with E-state index in [2.05, 4.69) is 15.8 Å². The minimum Gasteiger partial charge on any atom is -0.455 e. The van der Waals surface area contributed by atoms with Crippen molar-refractivity contribution in [3.8, 4) is 11.5 Å². The predicted octanol–water partition coefficient (Wildman–Crippen LogP) is 5.29. The summed E-state index contributed by atoms with van der Waals surface area (Å²) in [7, 11) is 0. The highest BCUT2D eigenvalue weighted by atomic mass is 35.5. The summed E-state index contributed by atoms with van der Waals surface area (Å²) in [5, 5.41) is 7.17. The number of carbonyl (C=O) groups excluding carboxylic acids is 1. The summed E-state index contributed by atoms with van der Waals surface area (Å²) in [6, 6.07) is 23.2. The highest BCUT2D eigenvalue weighted by Crippen LogP contribution is 2.28. The van der Waals surface area contributed by atoms with Gasteiger partial charge in [0, 0.05) is 10.6 Å². The summed E-state index contributed by atoms with van der Waals surface area (Å²) in [6.07, 6.45) is 1.48. The minimum atomic E-state index is -0.489. The Morgan fingerprint density at radius 1 is 0.923 bits per heavy atom. The van der Waals surface area contributed by atoms with E-state index in [9.17, 15) is 4.79 Å². The van der Waals surface area contributed by atoms with Gasteiger partial charge in [-0.15, -0.1) is 0 Å². The normalized spacial score (nSPS) is 10.5. The lowest BCUT2D eigenvalue weighted by Gasteiger charge is -2.11. The number of ether oxygens (including phenoxy) is 1. The number of para-hydroxylation sites is 3. The molecule has 0 aliphatic heterocycles. The van der Waals surface area contributed by atoms with E-state index in [1.54, 1.807) is 30.3 Å². The first-order valence-electron chi connectivity index (χ1n) is 7.89. The van der Waals surface area contributed by atoms with Gasteiger partial charge in [-0.3, -0.25) is 0 Å². The van der Waals surface area contributed by atoms with Gasteiger partial charge in [0.15, 0.2) is 5.75 Å². The molecule has 2 N–H and O–H groups in total. The lowest BCUT2D eigenvalue weighted by atomic mass is 10.2. The van der Waals surface area contributed by atoms with Crippen molar-refractivity contribution in [1.29, 1.82) is 0 Å². The Morgan fingerprint density at radius 3 is 2.42 bits per heavy atom. The molecule has 0 saturated heterocycles. The standard InChI is InChI=1S/C20H16ClN3O2/c21-17-11-5-4-8-15(17)14-22-24-20(25)23-18-12-6-7-13-19(18)26-16-9-2-1-3-10-16/h1-14H,(H2,23,24,25)/b22-14+. The largest absolute Gasteiger partial charge is 0.455 e. The van der Waals surface area contributed by atoms with Gasteiger partial charge in [0.05, 0.1) is 11.9 Å². The van der Waals surface area contributed by atoms with Gasteiger partial charge >= 0.3 is 6.03 Å². The SMILES string of the molecule is O=C(N/N=C/c1ccccc1Cl)Nc1ccccc1Oc1ccccc1. The van der Waals surface area contributed by atoms with Crippen LogP contribution < -0.4 is 15.5 Å². The number of hydrogen-bond donors (Lipinski definition) is 2. The van der Waals surface area contributed by atoms with Crippen molar-refractivity contribution in [3.63, 3.8) is 0 Å². The minimum absolute atomic E-state index is 0.489. The fourth-order valence-corrected chi connectivity index (χ4v) is 2.35. The molecular weight excluding hydrogens is 350 g/mol. The van der Waals surface area contributed by atoms with Crippen LogP contribution in [0.2, 0.25) is 5.02 Å². The van der Waals surface area contributed by atoms with Gasteiger partial charge in [-0.05, 0) is 30.3 Å². The van der Waals surface area contributed by atoms with E-state index in [1.807, 2.05) is 48.5 Å². The Hall–Kier alpha value is -3.31. The molecule has 0 aliphatic carbocycles. The van der Waals surface area contributed by atoms with Gasteiger partial charge < -0.3 is 10.1 Å². The third-order valence-electron chi connectivity index (χ3n) is 3.38. The van der Waals surface area contributed by atoms with Crippen LogP contribution in [0.15, 0.2) is 84.0 Å². The van der Waals surface area contributed by atoms with Crippen LogP contribution >= 0.6 is 11.6 Å². The first-order chi connectivity index (χ1) is 12.7. The molecule has 0 spiro atoms. The smallest absolute Gasteiger partial charge is 0.339 e. The van der Waals surface area contributed by atoms with E-state index in [0.717, 1.165) is 0 Å².